The van der Waals surface area contributed by atoms with Crippen LogP contribution in [0.3, 0.4) is 0 Å². The highest BCUT2D eigenvalue weighted by Crippen LogP contribution is 2.36. The molecule has 0 amide bonds. The van der Waals surface area contributed by atoms with E-state index in [0.717, 1.165) is 42.6 Å². The highest BCUT2D eigenvalue weighted by atomic mass is 32.1. The summed E-state index contributed by atoms with van der Waals surface area (Å²) in [5.41, 5.74) is 1.34. The first-order valence-electron chi connectivity index (χ1n) is 10.7. The van der Waals surface area contributed by atoms with Gasteiger partial charge in [-0.3, -0.25) is 4.79 Å². The lowest BCUT2D eigenvalue weighted by Crippen LogP contribution is -2.29. The molecule has 10 heteroatoms. The van der Waals surface area contributed by atoms with E-state index in [1.54, 1.807) is 12.1 Å². The Kier molecular flexibility index (Phi) is 8.28. The number of aromatic carboxylic acids is 1. The topological polar surface area (TPSA) is 135 Å². The Hall–Kier alpha value is -2.69. The zero-order chi connectivity index (χ0) is 24.1. The fourth-order valence-electron chi connectivity index (χ4n) is 4.09. The molecule has 1 fully saturated rings. The van der Waals surface area contributed by atoms with E-state index in [-0.39, 0.29) is 23.1 Å². The summed E-state index contributed by atoms with van der Waals surface area (Å²) in [6, 6.07) is 3.46. The van der Waals surface area contributed by atoms with Crippen molar-refractivity contribution in [3.8, 4) is 11.5 Å². The first kappa shape index (κ1) is 24.9. The molecule has 0 spiro atoms. The van der Waals surface area contributed by atoms with Gasteiger partial charge in [-0.25, -0.2) is 9.78 Å². The molecule has 1 aromatic carbocycles. The van der Waals surface area contributed by atoms with Gasteiger partial charge in [0, 0.05) is 12.0 Å². The SMILES string of the molecule is COc1cc(C(O)C(Cc2nc(CC(=O)O)c(C(=O)O)s2)OC2CCCC2)cc(OC)c1C. The molecule has 2 aromatic rings. The number of hydrogen-bond donors (Lipinski definition) is 3. The molecule has 3 N–H and O–H groups in total. The molecule has 2 atom stereocenters. The average Bonchev–Trinajstić information content (AvgIpc) is 3.42. The molecule has 180 valence electrons. The average molecular weight is 480 g/mol. The quantitative estimate of drug-likeness (QED) is 0.443. The van der Waals surface area contributed by atoms with Crippen molar-refractivity contribution in [2.75, 3.05) is 14.2 Å². The predicted octanol–water partition coefficient (Wildman–Crippen LogP) is 3.40. The van der Waals surface area contributed by atoms with E-state index in [1.165, 1.54) is 14.2 Å². The number of hydrogen-bond acceptors (Lipinski definition) is 8. The van der Waals surface area contributed by atoms with Gasteiger partial charge in [0.05, 0.1) is 43.5 Å². The summed E-state index contributed by atoms with van der Waals surface area (Å²) in [5, 5.41) is 30.2. The van der Waals surface area contributed by atoms with Gasteiger partial charge in [0.2, 0.25) is 0 Å². The van der Waals surface area contributed by atoms with Crippen molar-refractivity contribution >= 4 is 23.3 Å². The smallest absolute Gasteiger partial charge is 0.347 e. The van der Waals surface area contributed by atoms with Gasteiger partial charge >= 0.3 is 11.9 Å². The number of carbonyl (C=O) groups is 2. The van der Waals surface area contributed by atoms with Gasteiger partial charge in [-0.15, -0.1) is 11.3 Å². The maximum Gasteiger partial charge on any atom is 0.347 e. The number of aliphatic hydroxyl groups excluding tert-OH is 1. The second-order valence-corrected chi connectivity index (χ2v) is 9.12. The van der Waals surface area contributed by atoms with Crippen molar-refractivity contribution in [1.82, 2.24) is 4.98 Å². The molecule has 1 aliphatic carbocycles. The van der Waals surface area contributed by atoms with E-state index in [2.05, 4.69) is 4.98 Å². The minimum absolute atomic E-state index is 0.00257. The normalized spacial score (nSPS) is 15.9. The zero-order valence-electron chi connectivity index (χ0n) is 18.9. The fourth-order valence-corrected chi connectivity index (χ4v) is 5.05. The largest absolute Gasteiger partial charge is 0.496 e. The Labute approximate surface area is 195 Å². The number of benzene rings is 1. The van der Waals surface area contributed by atoms with Crippen LogP contribution in [-0.2, 0) is 22.4 Å². The van der Waals surface area contributed by atoms with Gasteiger partial charge < -0.3 is 29.5 Å². The summed E-state index contributed by atoms with van der Waals surface area (Å²) in [5.74, 6) is -1.26. The molecule has 1 heterocycles. The van der Waals surface area contributed by atoms with Gasteiger partial charge in [0.15, 0.2) is 0 Å². The first-order chi connectivity index (χ1) is 15.7. The van der Waals surface area contributed by atoms with Crippen LogP contribution >= 0.6 is 11.3 Å². The number of ether oxygens (including phenoxy) is 3. The van der Waals surface area contributed by atoms with E-state index in [9.17, 15) is 19.8 Å². The monoisotopic (exact) mass is 479 g/mol. The third-order valence-corrected chi connectivity index (χ3v) is 6.88. The van der Waals surface area contributed by atoms with E-state index >= 15 is 0 Å². The van der Waals surface area contributed by atoms with Crippen LogP contribution in [0.15, 0.2) is 12.1 Å². The number of nitrogens with zero attached hydrogens (tertiary/aromatic N) is 1. The van der Waals surface area contributed by atoms with Crippen LogP contribution in [0.5, 0.6) is 11.5 Å². The first-order valence-corrected chi connectivity index (χ1v) is 11.5. The van der Waals surface area contributed by atoms with Crippen LogP contribution in [0.25, 0.3) is 0 Å². The Bertz CT molecular complexity index is 973. The van der Waals surface area contributed by atoms with Crippen molar-refractivity contribution in [3.63, 3.8) is 0 Å². The van der Waals surface area contributed by atoms with E-state index in [4.69, 9.17) is 19.3 Å². The Morgan fingerprint density at radius 3 is 2.27 bits per heavy atom. The number of rotatable bonds is 11. The summed E-state index contributed by atoms with van der Waals surface area (Å²) < 4.78 is 17.1. The summed E-state index contributed by atoms with van der Waals surface area (Å²) in [7, 11) is 3.08. The lowest BCUT2D eigenvalue weighted by molar-refractivity contribution is -0.136. The molecule has 1 saturated carbocycles. The van der Waals surface area contributed by atoms with Crippen LogP contribution in [0.2, 0.25) is 0 Å². The highest BCUT2D eigenvalue weighted by molar-refractivity contribution is 7.13. The van der Waals surface area contributed by atoms with Crippen molar-refractivity contribution in [3.05, 3.63) is 38.8 Å². The van der Waals surface area contributed by atoms with Crippen LogP contribution in [0.1, 0.15) is 63.3 Å². The predicted molar refractivity (Wildman–Crippen MR) is 120 cm³/mol. The number of aliphatic carboxylic acids is 1. The van der Waals surface area contributed by atoms with Gasteiger partial charge in [0.25, 0.3) is 0 Å². The van der Waals surface area contributed by atoms with Crippen LogP contribution in [0.4, 0.5) is 0 Å². The van der Waals surface area contributed by atoms with Crippen molar-refractivity contribution < 1.29 is 39.1 Å². The lowest BCUT2D eigenvalue weighted by atomic mass is 9.99. The summed E-state index contributed by atoms with van der Waals surface area (Å²) in [4.78, 5) is 26.9. The number of aliphatic hydroxyl groups is 1. The standard InChI is InChI=1S/C23H29NO8S/c1-12-16(30-2)8-13(9-17(12)31-3)21(27)18(32-14-6-4-5-7-14)11-19-24-15(10-20(25)26)22(33-19)23(28)29/h8-9,14,18,21,27H,4-7,10-11H2,1-3H3,(H,25,26)(H,28,29). The minimum Gasteiger partial charge on any atom is -0.496 e. The molecule has 0 aliphatic heterocycles. The molecule has 3 rings (SSSR count). The van der Waals surface area contributed by atoms with Gasteiger partial charge in [0.1, 0.15) is 22.5 Å². The maximum atomic E-state index is 11.6. The minimum atomic E-state index is -1.23. The molecule has 2 unspecified atom stereocenters. The molecule has 0 radical (unpaired) electrons. The van der Waals surface area contributed by atoms with E-state index in [1.807, 2.05) is 6.92 Å². The van der Waals surface area contributed by atoms with E-state index in [0.29, 0.717) is 22.1 Å². The molecule has 1 aliphatic rings. The number of carboxylic acids is 2. The Morgan fingerprint density at radius 1 is 1.15 bits per heavy atom. The highest BCUT2D eigenvalue weighted by Gasteiger charge is 2.30. The van der Waals surface area contributed by atoms with Crippen molar-refractivity contribution in [2.45, 2.75) is 63.8 Å². The number of thiazole rings is 1. The van der Waals surface area contributed by atoms with Crippen LogP contribution in [0, 0.1) is 6.92 Å². The van der Waals surface area contributed by atoms with Gasteiger partial charge in [-0.05, 0) is 37.5 Å². The lowest BCUT2D eigenvalue weighted by Gasteiger charge is -2.27. The number of methoxy groups -OCH3 is 2. The molecule has 33 heavy (non-hydrogen) atoms. The van der Waals surface area contributed by atoms with Crippen LogP contribution < -0.4 is 9.47 Å². The Balaban J connectivity index is 1.94. The molecular formula is C23H29NO8S. The second-order valence-electron chi connectivity index (χ2n) is 8.04. The maximum absolute atomic E-state index is 11.6. The summed E-state index contributed by atoms with van der Waals surface area (Å²) >= 11 is 0.912. The molecule has 1 aromatic heterocycles. The van der Waals surface area contributed by atoms with E-state index < -0.39 is 30.6 Å². The third kappa shape index (κ3) is 6.01. The Morgan fingerprint density at radius 2 is 1.76 bits per heavy atom. The van der Waals surface area contributed by atoms with Crippen molar-refractivity contribution in [1.29, 1.82) is 0 Å². The van der Waals surface area contributed by atoms with Gasteiger partial charge in [-0.2, -0.15) is 0 Å². The zero-order valence-corrected chi connectivity index (χ0v) is 19.7. The fraction of sp³-hybridized carbons (Fsp3) is 0.522. The third-order valence-electron chi connectivity index (χ3n) is 5.77. The summed E-state index contributed by atoms with van der Waals surface area (Å²) in [6.45, 7) is 1.85. The van der Waals surface area contributed by atoms with Crippen LogP contribution in [-0.4, -0.2) is 58.7 Å². The van der Waals surface area contributed by atoms with Gasteiger partial charge in [-0.1, -0.05) is 12.8 Å². The molecular weight excluding hydrogens is 450 g/mol. The number of carboxylic acid groups (broad SMARTS) is 2. The second kappa shape index (κ2) is 11.0. The molecule has 9 nitrogen and oxygen atoms in total. The summed E-state index contributed by atoms with van der Waals surface area (Å²) in [6.07, 6.45) is 1.72. The molecule has 0 bridgehead atoms. The molecule has 0 saturated heterocycles. The number of aromatic nitrogens is 1. The van der Waals surface area contributed by atoms with Crippen molar-refractivity contribution in [2.24, 2.45) is 0 Å².